The van der Waals surface area contributed by atoms with Crippen molar-refractivity contribution in [2.24, 2.45) is 0 Å². The molecule has 0 bridgehead atoms. The van der Waals surface area contributed by atoms with Gasteiger partial charge in [-0.25, -0.2) is 0 Å². The highest BCUT2D eigenvalue weighted by Crippen LogP contribution is 2.26. The predicted molar refractivity (Wildman–Crippen MR) is 92.2 cm³/mol. The number of hydrogen-bond donors (Lipinski definition) is 1. The van der Waals surface area contributed by atoms with Gasteiger partial charge in [-0.2, -0.15) is 0 Å². The van der Waals surface area contributed by atoms with Crippen molar-refractivity contribution in [1.29, 1.82) is 0 Å². The Morgan fingerprint density at radius 2 is 1.91 bits per heavy atom. The smallest absolute Gasteiger partial charge is 0.274 e. The van der Waals surface area contributed by atoms with Gasteiger partial charge in [-0.3, -0.25) is 9.78 Å². The minimum atomic E-state index is -0.307. The number of nitrogens with zero attached hydrogens (tertiary/aromatic N) is 2. The highest BCUT2D eigenvalue weighted by atomic mass is 35.5. The largest absolute Gasteiger partial charge is 0.372 e. The van der Waals surface area contributed by atoms with Gasteiger partial charge in [-0.15, -0.1) is 0 Å². The SMILES string of the molecule is CCN(CC)c1ccnc(C(=O)Nc2ccc(Cl)cc2Cl)c1. The third kappa shape index (κ3) is 3.90. The van der Waals surface area contributed by atoms with E-state index in [4.69, 9.17) is 23.2 Å². The number of pyridine rings is 1. The molecule has 0 saturated carbocycles. The number of aromatic nitrogens is 1. The highest BCUT2D eigenvalue weighted by Gasteiger charge is 2.12. The molecule has 0 radical (unpaired) electrons. The molecule has 2 rings (SSSR count). The van der Waals surface area contributed by atoms with Crippen LogP contribution in [0.2, 0.25) is 10.0 Å². The van der Waals surface area contributed by atoms with Gasteiger partial charge in [0.05, 0.1) is 10.7 Å². The van der Waals surface area contributed by atoms with Crippen LogP contribution < -0.4 is 10.2 Å². The van der Waals surface area contributed by atoms with Gasteiger partial charge in [-0.05, 0) is 44.2 Å². The van der Waals surface area contributed by atoms with E-state index in [0.717, 1.165) is 18.8 Å². The van der Waals surface area contributed by atoms with E-state index in [-0.39, 0.29) is 5.91 Å². The number of rotatable bonds is 5. The lowest BCUT2D eigenvalue weighted by Crippen LogP contribution is -2.23. The fourth-order valence-corrected chi connectivity index (χ4v) is 2.56. The number of carbonyl (C=O) groups is 1. The van der Waals surface area contributed by atoms with Gasteiger partial charge in [0.15, 0.2) is 0 Å². The Morgan fingerprint density at radius 1 is 1.18 bits per heavy atom. The fraction of sp³-hybridized carbons (Fsp3) is 0.250. The summed E-state index contributed by atoms with van der Waals surface area (Å²) in [5.74, 6) is -0.307. The van der Waals surface area contributed by atoms with Crippen molar-refractivity contribution in [2.75, 3.05) is 23.3 Å². The average Bonchev–Trinajstić information content (AvgIpc) is 2.51. The zero-order chi connectivity index (χ0) is 16.1. The van der Waals surface area contributed by atoms with E-state index in [1.54, 1.807) is 30.5 Å². The van der Waals surface area contributed by atoms with Crippen molar-refractivity contribution in [3.8, 4) is 0 Å². The Balaban J connectivity index is 2.21. The number of carbonyl (C=O) groups excluding carboxylic acids is 1. The maximum absolute atomic E-state index is 12.3. The molecule has 1 N–H and O–H groups in total. The van der Waals surface area contributed by atoms with Gasteiger partial charge >= 0.3 is 0 Å². The van der Waals surface area contributed by atoms with E-state index in [1.807, 2.05) is 6.07 Å². The van der Waals surface area contributed by atoms with E-state index in [1.165, 1.54) is 0 Å². The van der Waals surface area contributed by atoms with Gasteiger partial charge in [0, 0.05) is 30.0 Å². The molecule has 2 aromatic rings. The number of hydrogen-bond acceptors (Lipinski definition) is 3. The summed E-state index contributed by atoms with van der Waals surface area (Å²) < 4.78 is 0. The Bertz CT molecular complexity index is 672. The van der Waals surface area contributed by atoms with Crippen LogP contribution >= 0.6 is 23.2 Å². The van der Waals surface area contributed by atoms with Crippen LogP contribution in [-0.2, 0) is 0 Å². The van der Waals surface area contributed by atoms with Crippen LogP contribution in [-0.4, -0.2) is 24.0 Å². The van der Waals surface area contributed by atoms with Crippen LogP contribution in [0.1, 0.15) is 24.3 Å². The summed E-state index contributed by atoms with van der Waals surface area (Å²) in [6.07, 6.45) is 1.63. The maximum Gasteiger partial charge on any atom is 0.274 e. The van der Waals surface area contributed by atoms with Crippen molar-refractivity contribution in [3.05, 3.63) is 52.3 Å². The molecule has 6 heteroatoms. The molecule has 0 spiro atoms. The summed E-state index contributed by atoms with van der Waals surface area (Å²) in [7, 11) is 0. The Kier molecular flexibility index (Phi) is 5.63. The first-order valence-corrected chi connectivity index (χ1v) is 7.78. The van der Waals surface area contributed by atoms with Crippen LogP contribution in [0.25, 0.3) is 0 Å². The van der Waals surface area contributed by atoms with Gasteiger partial charge in [0.1, 0.15) is 5.69 Å². The quantitative estimate of drug-likeness (QED) is 0.874. The van der Waals surface area contributed by atoms with E-state index in [0.29, 0.717) is 21.4 Å². The maximum atomic E-state index is 12.3. The normalized spacial score (nSPS) is 10.4. The summed E-state index contributed by atoms with van der Waals surface area (Å²) in [6, 6.07) is 8.57. The first-order valence-electron chi connectivity index (χ1n) is 7.02. The second-order valence-electron chi connectivity index (χ2n) is 4.65. The topological polar surface area (TPSA) is 45.2 Å². The standard InChI is InChI=1S/C16H17Cl2N3O/c1-3-21(4-2)12-7-8-19-15(10-12)16(22)20-14-6-5-11(17)9-13(14)18/h5-10H,3-4H2,1-2H3,(H,20,22). The minimum Gasteiger partial charge on any atom is -0.372 e. The molecule has 0 aliphatic rings. The first kappa shape index (κ1) is 16.6. The second-order valence-corrected chi connectivity index (χ2v) is 5.49. The number of nitrogens with one attached hydrogen (secondary N) is 1. The van der Waals surface area contributed by atoms with Crippen LogP contribution in [0.3, 0.4) is 0 Å². The molecule has 0 unspecified atom stereocenters. The van der Waals surface area contributed by atoms with E-state index < -0.39 is 0 Å². The van der Waals surface area contributed by atoms with Gasteiger partial charge < -0.3 is 10.2 Å². The lowest BCUT2D eigenvalue weighted by atomic mass is 10.2. The van der Waals surface area contributed by atoms with Crippen LogP contribution in [0.15, 0.2) is 36.5 Å². The fourth-order valence-electron chi connectivity index (χ4n) is 2.11. The Hall–Kier alpha value is -1.78. The molecule has 4 nitrogen and oxygen atoms in total. The lowest BCUT2D eigenvalue weighted by molar-refractivity contribution is 0.102. The van der Waals surface area contributed by atoms with E-state index >= 15 is 0 Å². The third-order valence-electron chi connectivity index (χ3n) is 3.28. The molecule has 22 heavy (non-hydrogen) atoms. The van der Waals surface area contributed by atoms with Crippen molar-refractivity contribution in [2.45, 2.75) is 13.8 Å². The average molecular weight is 338 g/mol. The predicted octanol–water partition coefficient (Wildman–Crippen LogP) is 4.49. The first-order chi connectivity index (χ1) is 10.5. The van der Waals surface area contributed by atoms with Gasteiger partial charge in [0.25, 0.3) is 5.91 Å². The molecule has 116 valence electrons. The van der Waals surface area contributed by atoms with Gasteiger partial charge in [0.2, 0.25) is 0 Å². The second kappa shape index (κ2) is 7.47. The molecule has 0 saturated heterocycles. The zero-order valence-electron chi connectivity index (χ0n) is 12.4. The molecule has 1 heterocycles. The van der Waals surface area contributed by atoms with Crippen LogP contribution in [0, 0.1) is 0 Å². The van der Waals surface area contributed by atoms with Crippen molar-refractivity contribution >= 4 is 40.5 Å². The van der Waals surface area contributed by atoms with Crippen molar-refractivity contribution in [3.63, 3.8) is 0 Å². The Morgan fingerprint density at radius 3 is 2.55 bits per heavy atom. The highest BCUT2D eigenvalue weighted by molar-refractivity contribution is 6.36. The summed E-state index contributed by atoms with van der Waals surface area (Å²) in [5, 5.41) is 3.65. The zero-order valence-corrected chi connectivity index (χ0v) is 13.9. The van der Waals surface area contributed by atoms with Gasteiger partial charge in [-0.1, -0.05) is 23.2 Å². The molecular weight excluding hydrogens is 321 g/mol. The number of benzene rings is 1. The summed E-state index contributed by atoms with van der Waals surface area (Å²) in [6.45, 7) is 5.86. The van der Waals surface area contributed by atoms with Crippen molar-refractivity contribution < 1.29 is 4.79 Å². The lowest BCUT2D eigenvalue weighted by Gasteiger charge is -2.21. The summed E-state index contributed by atoms with van der Waals surface area (Å²) in [4.78, 5) is 18.6. The van der Waals surface area contributed by atoms with E-state index in [2.05, 4.69) is 29.0 Å². The monoisotopic (exact) mass is 337 g/mol. The molecular formula is C16H17Cl2N3O. The molecule has 1 aromatic carbocycles. The Labute approximate surface area is 140 Å². The third-order valence-corrected chi connectivity index (χ3v) is 3.83. The molecule has 1 aromatic heterocycles. The molecule has 0 aliphatic carbocycles. The minimum absolute atomic E-state index is 0.307. The summed E-state index contributed by atoms with van der Waals surface area (Å²) in [5.41, 5.74) is 1.81. The summed E-state index contributed by atoms with van der Waals surface area (Å²) >= 11 is 11.9. The van der Waals surface area contributed by atoms with Crippen molar-refractivity contribution in [1.82, 2.24) is 4.98 Å². The van der Waals surface area contributed by atoms with Crippen LogP contribution in [0.5, 0.6) is 0 Å². The number of anilines is 2. The number of halogens is 2. The van der Waals surface area contributed by atoms with Crippen LogP contribution in [0.4, 0.5) is 11.4 Å². The molecule has 0 atom stereocenters. The van der Waals surface area contributed by atoms with E-state index in [9.17, 15) is 4.79 Å². The molecule has 0 aliphatic heterocycles. The number of amides is 1. The molecule has 1 amide bonds. The molecule has 0 fully saturated rings.